The van der Waals surface area contributed by atoms with Gasteiger partial charge in [-0.2, -0.15) is 0 Å². The molecule has 1 heterocycles. The van der Waals surface area contributed by atoms with Gasteiger partial charge in [0, 0.05) is 0 Å². The Balaban J connectivity index is 1.95. The maximum Gasteiger partial charge on any atom is 0.258 e. The van der Waals surface area contributed by atoms with E-state index in [0.29, 0.717) is 26.9 Å². The van der Waals surface area contributed by atoms with Gasteiger partial charge in [-0.15, -0.1) is 0 Å². The van der Waals surface area contributed by atoms with E-state index in [9.17, 15) is 9.18 Å². The fourth-order valence-electron chi connectivity index (χ4n) is 2.11. The van der Waals surface area contributed by atoms with Gasteiger partial charge in [0.15, 0.2) is 11.9 Å². The summed E-state index contributed by atoms with van der Waals surface area (Å²) in [6.45, 7) is 1.77. The van der Waals surface area contributed by atoms with E-state index in [-0.39, 0.29) is 11.4 Å². The van der Waals surface area contributed by atoms with E-state index in [0.717, 1.165) is 0 Å². The molecule has 0 bridgehead atoms. The topological polar surface area (TPSA) is 55.0 Å². The van der Waals surface area contributed by atoms with E-state index >= 15 is 0 Å². The molecule has 0 unspecified atom stereocenters. The van der Waals surface area contributed by atoms with Crippen LogP contribution in [0.15, 0.2) is 51.7 Å². The molecule has 4 nitrogen and oxygen atoms in total. The molecule has 6 heteroatoms. The number of fused-ring (bicyclic) bond motifs is 1. The van der Waals surface area contributed by atoms with Gasteiger partial charge >= 0.3 is 0 Å². The second-order valence-electron chi connectivity index (χ2n) is 4.80. The molecule has 0 aliphatic rings. The summed E-state index contributed by atoms with van der Waals surface area (Å²) in [5.74, 6) is 0.536. The van der Waals surface area contributed by atoms with Gasteiger partial charge in [0.05, 0.1) is 15.4 Å². The van der Waals surface area contributed by atoms with Gasteiger partial charge in [-0.1, -0.05) is 12.1 Å². The van der Waals surface area contributed by atoms with Gasteiger partial charge in [-0.3, -0.25) is 4.79 Å². The minimum atomic E-state index is -0.487. The van der Waals surface area contributed by atoms with Crippen LogP contribution in [0.2, 0.25) is 0 Å². The highest BCUT2D eigenvalue weighted by Crippen LogP contribution is 2.29. The molecule has 22 heavy (non-hydrogen) atoms. The first-order valence-corrected chi connectivity index (χ1v) is 7.44. The molecule has 1 atom stereocenters. The van der Waals surface area contributed by atoms with Crippen molar-refractivity contribution in [1.82, 2.24) is 9.97 Å². The molecule has 112 valence electrons. The molecule has 0 aliphatic carbocycles. The fraction of sp³-hybridized carbons (Fsp3) is 0.125. The number of aromatic amines is 1. The van der Waals surface area contributed by atoms with Crippen LogP contribution in [0.25, 0.3) is 10.9 Å². The first kappa shape index (κ1) is 14.7. The van der Waals surface area contributed by atoms with Crippen LogP contribution in [0.1, 0.15) is 18.9 Å². The Bertz CT molecular complexity index is 895. The predicted molar refractivity (Wildman–Crippen MR) is 85.5 cm³/mol. The Labute approximate surface area is 134 Å². The van der Waals surface area contributed by atoms with Gasteiger partial charge in [0.1, 0.15) is 11.6 Å². The maximum atomic E-state index is 13.1. The Kier molecular flexibility index (Phi) is 3.94. The average Bonchev–Trinajstić information content (AvgIpc) is 2.50. The van der Waals surface area contributed by atoms with Gasteiger partial charge in [0.25, 0.3) is 5.56 Å². The fourth-order valence-corrected chi connectivity index (χ4v) is 2.56. The zero-order valence-corrected chi connectivity index (χ0v) is 13.2. The van der Waals surface area contributed by atoms with Crippen LogP contribution in [0.3, 0.4) is 0 Å². The number of rotatable bonds is 3. The first-order chi connectivity index (χ1) is 10.5. The third kappa shape index (κ3) is 2.87. The van der Waals surface area contributed by atoms with Crippen molar-refractivity contribution >= 4 is 26.8 Å². The minimum absolute atomic E-state index is 0.214. The molecule has 0 aliphatic heterocycles. The maximum absolute atomic E-state index is 13.1. The van der Waals surface area contributed by atoms with Gasteiger partial charge in [-0.25, -0.2) is 9.37 Å². The SMILES string of the molecule is C[C@H](Oc1ccc(F)cc1Br)c1nc2ccccc2c(=O)[nH]1. The second-order valence-corrected chi connectivity index (χ2v) is 5.66. The number of aromatic nitrogens is 2. The summed E-state index contributed by atoms with van der Waals surface area (Å²) in [6, 6.07) is 11.2. The average molecular weight is 363 g/mol. The Morgan fingerprint density at radius 2 is 2.05 bits per heavy atom. The lowest BCUT2D eigenvalue weighted by Crippen LogP contribution is -2.16. The lowest BCUT2D eigenvalue weighted by atomic mass is 10.2. The van der Waals surface area contributed by atoms with Crippen LogP contribution in [0, 0.1) is 5.82 Å². The molecular formula is C16H12BrFN2O2. The van der Waals surface area contributed by atoms with Crippen molar-refractivity contribution < 1.29 is 9.13 Å². The van der Waals surface area contributed by atoms with Crippen molar-refractivity contribution in [2.75, 3.05) is 0 Å². The summed E-state index contributed by atoms with van der Waals surface area (Å²) in [7, 11) is 0. The number of halogens is 2. The van der Waals surface area contributed by atoms with Crippen molar-refractivity contribution in [1.29, 1.82) is 0 Å². The Morgan fingerprint density at radius 1 is 1.27 bits per heavy atom. The van der Waals surface area contributed by atoms with Crippen LogP contribution in [-0.2, 0) is 0 Å². The smallest absolute Gasteiger partial charge is 0.258 e. The highest BCUT2D eigenvalue weighted by molar-refractivity contribution is 9.10. The van der Waals surface area contributed by atoms with E-state index in [2.05, 4.69) is 25.9 Å². The minimum Gasteiger partial charge on any atom is -0.482 e. The molecule has 1 aromatic heterocycles. The van der Waals surface area contributed by atoms with Gasteiger partial charge < -0.3 is 9.72 Å². The van der Waals surface area contributed by atoms with Crippen LogP contribution in [-0.4, -0.2) is 9.97 Å². The summed E-state index contributed by atoms with van der Waals surface area (Å²) in [5, 5.41) is 0.529. The van der Waals surface area contributed by atoms with Crippen molar-refractivity contribution in [3.63, 3.8) is 0 Å². The number of hydrogen-bond donors (Lipinski definition) is 1. The highest BCUT2D eigenvalue weighted by atomic mass is 79.9. The van der Waals surface area contributed by atoms with E-state index in [4.69, 9.17) is 4.74 Å². The number of benzene rings is 2. The molecule has 0 saturated heterocycles. The normalized spacial score (nSPS) is 12.3. The lowest BCUT2D eigenvalue weighted by Gasteiger charge is -2.15. The molecule has 0 fully saturated rings. The number of H-pyrrole nitrogens is 1. The summed E-state index contributed by atoms with van der Waals surface area (Å²) in [4.78, 5) is 19.2. The number of nitrogens with one attached hydrogen (secondary N) is 1. The predicted octanol–water partition coefficient (Wildman–Crippen LogP) is 3.96. The monoisotopic (exact) mass is 362 g/mol. The van der Waals surface area contributed by atoms with E-state index in [1.54, 1.807) is 25.1 Å². The van der Waals surface area contributed by atoms with Crippen molar-refractivity contribution in [2.45, 2.75) is 13.0 Å². The molecular weight excluding hydrogens is 351 g/mol. The number of para-hydroxylation sites is 1. The quantitative estimate of drug-likeness (QED) is 0.766. The molecule has 0 saturated carbocycles. The standard InChI is InChI=1S/C16H12BrFN2O2/c1-9(22-14-7-6-10(18)8-12(14)17)15-19-13-5-3-2-4-11(13)16(21)20-15/h2-9H,1H3,(H,19,20,21)/t9-/m0/s1. The number of nitrogens with zero attached hydrogens (tertiary/aromatic N) is 1. The van der Waals surface area contributed by atoms with Gasteiger partial charge in [-0.05, 0) is 53.2 Å². The highest BCUT2D eigenvalue weighted by Gasteiger charge is 2.14. The summed E-state index contributed by atoms with van der Waals surface area (Å²) in [6.07, 6.45) is -0.487. The summed E-state index contributed by atoms with van der Waals surface area (Å²) < 4.78 is 19.3. The third-order valence-corrected chi connectivity index (χ3v) is 3.83. The first-order valence-electron chi connectivity index (χ1n) is 6.65. The van der Waals surface area contributed by atoms with Gasteiger partial charge in [0.2, 0.25) is 0 Å². The summed E-state index contributed by atoms with van der Waals surface area (Å²) in [5.41, 5.74) is 0.393. The zero-order valence-electron chi connectivity index (χ0n) is 11.6. The largest absolute Gasteiger partial charge is 0.482 e. The van der Waals surface area contributed by atoms with E-state index < -0.39 is 6.10 Å². The molecule has 0 spiro atoms. The van der Waals surface area contributed by atoms with Crippen LogP contribution >= 0.6 is 15.9 Å². The van der Waals surface area contributed by atoms with Crippen molar-refractivity contribution in [3.05, 3.63) is 68.9 Å². The van der Waals surface area contributed by atoms with Crippen molar-refractivity contribution in [3.8, 4) is 5.75 Å². The van der Waals surface area contributed by atoms with Crippen molar-refractivity contribution in [2.24, 2.45) is 0 Å². The molecule has 2 aromatic carbocycles. The summed E-state index contributed by atoms with van der Waals surface area (Å²) >= 11 is 3.25. The molecule has 3 aromatic rings. The molecule has 0 amide bonds. The number of ether oxygens (including phenoxy) is 1. The van der Waals surface area contributed by atoms with E-state index in [1.807, 2.05) is 6.07 Å². The number of hydrogen-bond acceptors (Lipinski definition) is 3. The Hall–Kier alpha value is -2.21. The van der Waals surface area contributed by atoms with Crippen LogP contribution in [0.4, 0.5) is 4.39 Å². The molecule has 1 N–H and O–H groups in total. The van der Waals surface area contributed by atoms with E-state index in [1.165, 1.54) is 18.2 Å². The molecule has 3 rings (SSSR count). The third-order valence-electron chi connectivity index (χ3n) is 3.21. The Morgan fingerprint density at radius 3 is 2.82 bits per heavy atom. The zero-order chi connectivity index (χ0) is 15.7. The second kappa shape index (κ2) is 5.88. The lowest BCUT2D eigenvalue weighted by molar-refractivity contribution is 0.215. The van der Waals surface area contributed by atoms with Crippen LogP contribution < -0.4 is 10.3 Å². The molecule has 0 radical (unpaired) electrons. The van der Waals surface area contributed by atoms with Crippen LogP contribution in [0.5, 0.6) is 5.75 Å².